The van der Waals surface area contributed by atoms with Gasteiger partial charge in [0.05, 0.1) is 29.8 Å². The molecule has 9 nitrogen and oxygen atoms in total. The largest absolute Gasteiger partial charge is 0.392 e. The van der Waals surface area contributed by atoms with Crippen LogP contribution in [0.25, 0.3) is 11.0 Å². The Hall–Kier alpha value is -4.89. The number of nitrogens with one attached hydrogen (secondary N) is 2. The molecule has 3 atom stereocenters. The number of imidazole rings is 1. The number of piperidine rings is 1. The predicted octanol–water partition coefficient (Wildman–Crippen LogP) is 6.65. The highest BCUT2D eigenvalue weighted by Crippen LogP contribution is 2.39. The lowest BCUT2D eigenvalue weighted by Gasteiger charge is -2.40. The lowest BCUT2D eigenvalue weighted by molar-refractivity contribution is -0.253. The second-order valence-electron chi connectivity index (χ2n) is 12.7. The Kier molecular flexibility index (Phi) is 9.75. The summed E-state index contributed by atoms with van der Waals surface area (Å²) in [6.07, 6.45) is 0.586. The minimum absolute atomic E-state index is 0.0355. The van der Waals surface area contributed by atoms with Gasteiger partial charge in [-0.2, -0.15) is 0 Å². The molecule has 0 bridgehead atoms. The van der Waals surface area contributed by atoms with Crippen molar-refractivity contribution in [3.05, 3.63) is 135 Å². The number of halogens is 5. The maximum absolute atomic E-state index is 14.2. The van der Waals surface area contributed by atoms with Crippen LogP contribution in [0.5, 0.6) is 0 Å². The smallest absolute Gasteiger partial charge is 0.326 e. The fraction of sp³-hybridized carbons (Fsp3) is 0.297. The number of anilines is 1. The van der Waals surface area contributed by atoms with Crippen LogP contribution in [0, 0.1) is 29.1 Å². The molecule has 2 aliphatic rings. The molecule has 2 saturated heterocycles. The van der Waals surface area contributed by atoms with E-state index >= 15 is 0 Å². The number of likely N-dealkylation sites (tertiary alicyclic amines) is 1. The summed E-state index contributed by atoms with van der Waals surface area (Å²) in [5, 5.41) is 11.7. The number of aliphatic hydroxyl groups excluding tert-OH is 1. The Morgan fingerprint density at radius 2 is 1.45 bits per heavy atom. The van der Waals surface area contributed by atoms with Crippen LogP contribution in [0.2, 0.25) is 0 Å². The van der Waals surface area contributed by atoms with E-state index in [1.807, 2.05) is 53.1 Å². The average Bonchev–Trinajstić information content (AvgIpc) is 3.49. The number of aromatic amines is 1. The normalized spacial score (nSPS) is 20.2. The van der Waals surface area contributed by atoms with Crippen molar-refractivity contribution in [2.45, 2.75) is 50.4 Å². The first-order valence-corrected chi connectivity index (χ1v) is 16.5. The topological polar surface area (TPSA) is 109 Å². The standard InChI is InChI=1S/C37H33F5N4O5/c38-30-29(31(39)33(41)34(42)32(30)40)35(48)43-23-11-9-22(10-12-23)36-50-25(17-28(51-36)21-7-5-20(19-47)6-8-21)18-45-15-13-24(14-16-45)46-27-4-2-1-3-26(27)44-37(46)49/h1-12,24-25,28,36,47H,13-19H2,(H,43,48)(H,44,49). The van der Waals surface area contributed by atoms with Gasteiger partial charge in [0.25, 0.3) is 5.91 Å². The summed E-state index contributed by atoms with van der Waals surface area (Å²) >= 11 is 0. The van der Waals surface area contributed by atoms with E-state index in [1.54, 1.807) is 12.1 Å². The van der Waals surface area contributed by atoms with Gasteiger partial charge in [-0.3, -0.25) is 9.36 Å². The van der Waals surface area contributed by atoms with Gasteiger partial charge in [0, 0.05) is 43.3 Å². The molecule has 0 aliphatic carbocycles. The molecule has 2 fully saturated rings. The van der Waals surface area contributed by atoms with E-state index in [1.165, 1.54) is 12.1 Å². The highest BCUT2D eigenvalue weighted by molar-refractivity contribution is 6.04. The van der Waals surface area contributed by atoms with E-state index in [-0.39, 0.29) is 36.2 Å². The fourth-order valence-electron chi connectivity index (χ4n) is 6.84. The van der Waals surface area contributed by atoms with Gasteiger partial charge in [-0.05, 0) is 48.2 Å². The molecular weight excluding hydrogens is 675 g/mol. The zero-order chi connectivity index (χ0) is 35.8. The number of carbonyl (C=O) groups excluding carboxylic acids is 1. The van der Waals surface area contributed by atoms with E-state index in [0.29, 0.717) is 18.5 Å². The van der Waals surface area contributed by atoms with Gasteiger partial charge in [-0.25, -0.2) is 26.7 Å². The van der Waals surface area contributed by atoms with Gasteiger partial charge in [-0.15, -0.1) is 0 Å². The number of hydrogen-bond donors (Lipinski definition) is 3. The van der Waals surface area contributed by atoms with Gasteiger partial charge in [0.2, 0.25) is 5.82 Å². The van der Waals surface area contributed by atoms with Crippen molar-refractivity contribution in [3.63, 3.8) is 0 Å². The summed E-state index contributed by atoms with van der Waals surface area (Å²) in [4.78, 5) is 30.6. The van der Waals surface area contributed by atoms with E-state index in [4.69, 9.17) is 9.47 Å². The van der Waals surface area contributed by atoms with Crippen LogP contribution >= 0.6 is 0 Å². The summed E-state index contributed by atoms with van der Waals surface area (Å²) in [6.45, 7) is 1.98. The summed E-state index contributed by atoms with van der Waals surface area (Å²) in [5.41, 5.74) is 2.20. The first kappa shape index (κ1) is 34.6. The van der Waals surface area contributed by atoms with E-state index in [2.05, 4.69) is 15.2 Å². The molecule has 3 heterocycles. The molecule has 0 spiro atoms. The number of ether oxygens (including phenoxy) is 2. The molecule has 5 aromatic rings. The van der Waals surface area contributed by atoms with Gasteiger partial charge >= 0.3 is 5.69 Å². The van der Waals surface area contributed by atoms with Crippen LogP contribution < -0.4 is 11.0 Å². The van der Waals surface area contributed by atoms with Crippen molar-refractivity contribution < 1.29 is 41.3 Å². The first-order valence-electron chi connectivity index (χ1n) is 16.5. The number of nitrogens with zero attached hydrogens (tertiary/aromatic N) is 2. The number of aromatic nitrogens is 2. The number of amides is 1. The van der Waals surface area contributed by atoms with Crippen LogP contribution in [0.4, 0.5) is 27.6 Å². The number of hydrogen-bond acceptors (Lipinski definition) is 6. The van der Waals surface area contributed by atoms with Crippen LogP contribution in [0.3, 0.4) is 0 Å². The minimum atomic E-state index is -2.36. The molecule has 1 aromatic heterocycles. The second-order valence-corrected chi connectivity index (χ2v) is 12.7. The molecule has 2 aliphatic heterocycles. The van der Waals surface area contributed by atoms with Gasteiger partial charge in [0.15, 0.2) is 29.6 Å². The summed E-state index contributed by atoms with van der Waals surface area (Å²) in [5.74, 6) is -12.8. The van der Waals surface area contributed by atoms with Crippen molar-refractivity contribution in [1.29, 1.82) is 0 Å². The molecule has 0 radical (unpaired) electrons. The Balaban J connectivity index is 1.06. The van der Waals surface area contributed by atoms with Gasteiger partial charge < -0.3 is 29.8 Å². The number of aliphatic hydroxyl groups is 1. The molecule has 4 aromatic carbocycles. The number of para-hydroxylation sites is 2. The van der Waals surface area contributed by atoms with Crippen LogP contribution in [0.1, 0.15) is 64.7 Å². The molecule has 1 amide bonds. The zero-order valence-electron chi connectivity index (χ0n) is 27.1. The maximum Gasteiger partial charge on any atom is 0.326 e. The highest BCUT2D eigenvalue weighted by atomic mass is 19.2. The highest BCUT2D eigenvalue weighted by Gasteiger charge is 2.35. The number of rotatable bonds is 8. The molecule has 7 rings (SSSR count). The van der Waals surface area contributed by atoms with Crippen molar-refractivity contribution in [3.8, 4) is 0 Å². The summed E-state index contributed by atoms with van der Waals surface area (Å²) in [7, 11) is 0. The van der Waals surface area contributed by atoms with E-state index in [0.717, 1.165) is 48.1 Å². The van der Waals surface area contributed by atoms with E-state index in [9.17, 15) is 36.6 Å². The SMILES string of the molecule is O=C(Nc1ccc(C2OC(CN3CCC(n4c(=O)[nH]c5ccccc54)CC3)CC(c3ccc(CO)cc3)O2)cc1)c1c(F)c(F)c(F)c(F)c1F. The molecular formula is C37H33F5N4O5. The zero-order valence-corrected chi connectivity index (χ0v) is 27.1. The van der Waals surface area contributed by atoms with Crippen LogP contribution in [0.15, 0.2) is 77.6 Å². The van der Waals surface area contributed by atoms with Crippen molar-refractivity contribution in [2.24, 2.45) is 0 Å². The molecule has 3 N–H and O–H groups in total. The predicted molar refractivity (Wildman–Crippen MR) is 176 cm³/mol. The molecule has 266 valence electrons. The number of benzene rings is 4. The van der Waals surface area contributed by atoms with Crippen LogP contribution in [-0.4, -0.2) is 51.2 Å². The van der Waals surface area contributed by atoms with E-state index < -0.39 is 46.8 Å². The number of carbonyl (C=O) groups is 1. The molecule has 14 heteroatoms. The average molecular weight is 709 g/mol. The number of fused-ring (bicyclic) bond motifs is 1. The first-order chi connectivity index (χ1) is 24.6. The minimum Gasteiger partial charge on any atom is -0.392 e. The second kappa shape index (κ2) is 14.4. The third-order valence-electron chi connectivity index (χ3n) is 9.50. The third kappa shape index (κ3) is 6.91. The third-order valence-corrected chi connectivity index (χ3v) is 9.50. The van der Waals surface area contributed by atoms with Gasteiger partial charge in [-0.1, -0.05) is 48.5 Å². The summed E-state index contributed by atoms with van der Waals surface area (Å²) in [6, 6.07) is 21.0. The van der Waals surface area contributed by atoms with Crippen molar-refractivity contribution in [1.82, 2.24) is 14.5 Å². The Morgan fingerprint density at radius 3 is 2.12 bits per heavy atom. The quantitative estimate of drug-likeness (QED) is 0.0947. The Morgan fingerprint density at radius 1 is 0.824 bits per heavy atom. The van der Waals surface area contributed by atoms with Crippen molar-refractivity contribution >= 4 is 22.6 Å². The Labute approximate surface area is 288 Å². The van der Waals surface area contributed by atoms with Gasteiger partial charge in [0.1, 0.15) is 5.56 Å². The number of H-pyrrole nitrogens is 1. The molecule has 0 saturated carbocycles. The lowest BCUT2D eigenvalue weighted by Crippen LogP contribution is -2.43. The van der Waals surface area contributed by atoms with Crippen LogP contribution in [-0.2, 0) is 16.1 Å². The maximum atomic E-state index is 14.2. The molecule has 51 heavy (non-hydrogen) atoms. The van der Waals surface area contributed by atoms with Crippen molar-refractivity contribution in [2.75, 3.05) is 25.0 Å². The fourth-order valence-corrected chi connectivity index (χ4v) is 6.84. The summed E-state index contributed by atoms with van der Waals surface area (Å²) < 4.78 is 83.9. The molecule has 3 unspecified atom stereocenters. The Bertz CT molecular complexity index is 2080. The monoisotopic (exact) mass is 708 g/mol. The lowest BCUT2D eigenvalue weighted by atomic mass is 9.98.